The summed E-state index contributed by atoms with van der Waals surface area (Å²) in [6.07, 6.45) is 0. The van der Waals surface area contributed by atoms with E-state index in [1.54, 1.807) is 0 Å². The first kappa shape index (κ1) is 59.0. The maximum atomic E-state index is 13.8. The van der Waals surface area contributed by atoms with E-state index in [1.807, 2.05) is 121 Å². The standard InChI is InChI=1S/C43H23Br2NO3.C25H10Br2O3.C18H12BrN/c44-30-21-28-39(41-37(30)25-13-3-9-19-35(25)48-41)40-29(22-31(45)38-26-14-4-10-20-36(26)49-42(38)40)43(28,47)27-15-5-8-18-34(27)46-32-16-6-1-11-23(32)24-12-2-7-17-33(24)46;26-15-9-13-21(24-19(15)11-5-1-3-7-17(11)29-24)22-14(23(13)28)10-16(27)20-12-6-2-4-8-18(12)30-25(20)22;19-15-9-3-6-12-18(15)20-16-10-4-1-7-13(16)14-8-2-5-11-17(14)20/h1-22,47H;1-10H;1-12H. The number of para-hydroxylation sites is 10. The first-order valence-corrected chi connectivity index (χ1v) is 36.1. The Bertz CT molecular complexity index is 6580. The Kier molecular flexibility index (Phi) is 13.2. The maximum absolute atomic E-state index is 13.8. The number of ketones is 1. The van der Waals surface area contributed by atoms with E-state index in [1.165, 1.54) is 27.5 Å². The van der Waals surface area contributed by atoms with Crippen LogP contribution in [0.2, 0.25) is 0 Å². The molecular weight excluding hydrogens is 1560 g/mol. The van der Waals surface area contributed by atoms with Crippen molar-refractivity contribution in [3.63, 3.8) is 0 Å². The second kappa shape index (κ2) is 22.2. The van der Waals surface area contributed by atoms with Crippen LogP contribution in [0.15, 0.2) is 307 Å². The summed E-state index contributed by atoms with van der Waals surface area (Å²) in [5.41, 5.74) is 17.8. The third-order valence-corrected chi connectivity index (χ3v) is 23.1. The lowest BCUT2D eigenvalue weighted by Gasteiger charge is -2.30. The number of halogens is 5. The summed E-state index contributed by atoms with van der Waals surface area (Å²) in [6.45, 7) is 0. The van der Waals surface area contributed by atoms with Crippen molar-refractivity contribution in [2.75, 3.05) is 0 Å². The van der Waals surface area contributed by atoms with Crippen LogP contribution in [0.5, 0.6) is 0 Å². The fourth-order valence-electron chi connectivity index (χ4n) is 15.9. The third-order valence-electron chi connectivity index (χ3n) is 20.0. The van der Waals surface area contributed by atoms with Gasteiger partial charge in [-0.1, -0.05) is 176 Å². The van der Waals surface area contributed by atoms with Gasteiger partial charge >= 0.3 is 0 Å². The van der Waals surface area contributed by atoms with Crippen LogP contribution in [0.1, 0.15) is 32.6 Å². The quantitative estimate of drug-likeness (QED) is 0.189. The zero-order valence-electron chi connectivity index (χ0n) is 51.7. The second-order valence-corrected chi connectivity index (χ2v) is 29.4. The van der Waals surface area contributed by atoms with Crippen LogP contribution in [0.3, 0.4) is 0 Å². The lowest BCUT2D eigenvalue weighted by atomic mass is 9.82. The van der Waals surface area contributed by atoms with Crippen LogP contribution in [0, 0.1) is 0 Å². The van der Waals surface area contributed by atoms with E-state index in [2.05, 4.69) is 234 Å². The first-order chi connectivity index (χ1) is 48.5. The van der Waals surface area contributed by atoms with Crippen molar-refractivity contribution >= 4 is 217 Å². The molecule has 0 saturated heterocycles. The van der Waals surface area contributed by atoms with Gasteiger partial charge < -0.3 is 31.9 Å². The van der Waals surface area contributed by atoms with Gasteiger partial charge in [-0.3, -0.25) is 4.79 Å². The monoisotopic (exact) mass is 1600 g/mol. The van der Waals surface area contributed by atoms with Gasteiger partial charge in [-0.05, 0) is 171 Å². The van der Waals surface area contributed by atoms with Gasteiger partial charge in [0, 0.05) is 137 Å². The van der Waals surface area contributed by atoms with E-state index in [-0.39, 0.29) is 5.78 Å². The Morgan fingerprint density at radius 2 is 0.566 bits per heavy atom. The molecule has 22 rings (SSSR count). The van der Waals surface area contributed by atoms with Gasteiger partial charge in [0.2, 0.25) is 0 Å². The molecule has 0 bridgehead atoms. The van der Waals surface area contributed by atoms with Crippen LogP contribution in [-0.4, -0.2) is 20.0 Å². The Labute approximate surface area is 604 Å². The average molecular weight is 1600 g/mol. The molecule has 8 nitrogen and oxygen atoms in total. The zero-order valence-corrected chi connectivity index (χ0v) is 59.6. The highest BCUT2D eigenvalue weighted by atomic mass is 79.9. The summed E-state index contributed by atoms with van der Waals surface area (Å²) in [4.78, 5) is 13.4. The molecule has 0 aliphatic heterocycles. The molecule has 0 spiro atoms. The highest BCUT2D eigenvalue weighted by Crippen LogP contribution is 2.61. The van der Waals surface area contributed by atoms with Crippen molar-refractivity contribution < 1.29 is 27.6 Å². The Morgan fingerprint density at radius 3 is 0.939 bits per heavy atom. The van der Waals surface area contributed by atoms with Crippen LogP contribution in [0.4, 0.5) is 0 Å². The van der Waals surface area contributed by atoms with Gasteiger partial charge in [0.1, 0.15) is 50.3 Å². The highest BCUT2D eigenvalue weighted by Gasteiger charge is 2.49. The molecule has 14 aromatic carbocycles. The van der Waals surface area contributed by atoms with Gasteiger partial charge in [-0.25, -0.2) is 0 Å². The predicted molar refractivity (Wildman–Crippen MR) is 418 cm³/mol. The maximum Gasteiger partial charge on any atom is 0.194 e. The van der Waals surface area contributed by atoms with Gasteiger partial charge in [0.15, 0.2) is 5.78 Å². The van der Waals surface area contributed by atoms with Crippen LogP contribution < -0.4 is 0 Å². The lowest BCUT2D eigenvalue weighted by molar-refractivity contribution is 0.104. The molecule has 2 aliphatic carbocycles. The normalized spacial score (nSPS) is 13.1. The summed E-state index contributed by atoms with van der Waals surface area (Å²) in [5.74, 6) is -0.0221. The number of aliphatic hydroxyl groups is 1. The fraction of sp³-hybridized carbons (Fsp3) is 0.0116. The molecule has 0 amide bonds. The minimum atomic E-state index is -1.58. The first-order valence-electron chi connectivity index (χ1n) is 32.2. The number of fused-ring (bicyclic) bond motifs is 28. The summed E-state index contributed by atoms with van der Waals surface area (Å²) in [6, 6.07) is 90.5. The second-order valence-electron chi connectivity index (χ2n) is 25.1. The van der Waals surface area contributed by atoms with E-state index in [4.69, 9.17) is 17.7 Å². The van der Waals surface area contributed by atoms with Gasteiger partial charge in [-0.15, -0.1) is 0 Å². The highest BCUT2D eigenvalue weighted by molar-refractivity contribution is 9.11. The number of furan rings is 4. The van der Waals surface area contributed by atoms with E-state index in [0.29, 0.717) is 33.5 Å². The number of rotatable bonds is 3. The molecule has 0 unspecified atom stereocenters. The number of hydrogen-bond donors (Lipinski definition) is 1. The molecule has 0 saturated carbocycles. The number of carbonyl (C=O) groups excluding carboxylic acids is 1. The Morgan fingerprint density at radius 1 is 0.283 bits per heavy atom. The van der Waals surface area contributed by atoms with E-state index in [0.717, 1.165) is 154 Å². The topological polar surface area (TPSA) is 99.7 Å². The summed E-state index contributed by atoms with van der Waals surface area (Å²) < 4.78 is 35.2. The van der Waals surface area contributed by atoms with Crippen molar-refractivity contribution in [3.8, 4) is 33.6 Å². The number of hydrogen-bond acceptors (Lipinski definition) is 6. The van der Waals surface area contributed by atoms with Crippen molar-refractivity contribution in [1.82, 2.24) is 9.13 Å². The van der Waals surface area contributed by atoms with Gasteiger partial charge in [0.25, 0.3) is 0 Å². The smallest absolute Gasteiger partial charge is 0.194 e. The number of nitrogens with zero attached hydrogens (tertiary/aromatic N) is 2. The summed E-state index contributed by atoms with van der Waals surface area (Å²) in [5, 5.41) is 26.6. The third kappa shape index (κ3) is 8.40. The van der Waals surface area contributed by atoms with Crippen molar-refractivity contribution in [1.29, 1.82) is 0 Å². The lowest BCUT2D eigenvalue weighted by Crippen LogP contribution is -2.28. The van der Waals surface area contributed by atoms with Crippen molar-refractivity contribution in [2.24, 2.45) is 0 Å². The van der Waals surface area contributed by atoms with Crippen LogP contribution in [0.25, 0.3) is 165 Å². The molecule has 470 valence electrons. The molecule has 0 fully saturated rings. The molecule has 6 heterocycles. The molecule has 0 atom stereocenters. The number of aromatic nitrogens is 2. The molecule has 2 aliphatic rings. The van der Waals surface area contributed by atoms with Crippen LogP contribution >= 0.6 is 79.6 Å². The minimum Gasteiger partial charge on any atom is -0.455 e. The molecular formula is C86H45Br5N2O6. The molecule has 6 aromatic heterocycles. The van der Waals surface area contributed by atoms with E-state index in [9.17, 15) is 9.90 Å². The minimum absolute atomic E-state index is 0.0221. The average Bonchev–Trinajstić information content (AvgIpc) is 1.52. The molecule has 1 N–H and O–H groups in total. The predicted octanol–water partition coefficient (Wildman–Crippen LogP) is 26.1. The molecule has 20 aromatic rings. The van der Waals surface area contributed by atoms with Crippen LogP contribution in [-0.2, 0) is 5.60 Å². The van der Waals surface area contributed by atoms with Crippen molar-refractivity contribution in [2.45, 2.75) is 5.60 Å². The summed E-state index contributed by atoms with van der Waals surface area (Å²) in [7, 11) is 0. The van der Waals surface area contributed by atoms with E-state index >= 15 is 0 Å². The van der Waals surface area contributed by atoms with Gasteiger partial charge in [0.05, 0.1) is 33.4 Å². The molecule has 99 heavy (non-hydrogen) atoms. The molecule has 0 radical (unpaired) electrons. The summed E-state index contributed by atoms with van der Waals surface area (Å²) >= 11 is 18.9. The van der Waals surface area contributed by atoms with Gasteiger partial charge in [-0.2, -0.15) is 0 Å². The Balaban J connectivity index is 0.000000112. The largest absolute Gasteiger partial charge is 0.455 e. The molecule has 13 heteroatoms. The Hall–Kier alpha value is -10.1. The fourth-order valence-corrected chi connectivity index (χ4v) is 18.8. The number of carbonyl (C=O) groups is 1. The zero-order chi connectivity index (χ0) is 66.3. The van der Waals surface area contributed by atoms with E-state index < -0.39 is 5.60 Å². The number of benzene rings is 14. The SMILES string of the molecule is Brc1ccccc1-n1c2ccccc2c2ccccc21.O=C1c2cc(Br)c3c(oc4ccccc43)c2-c2c1cc(Br)c1c2oc2ccccc21.OC1(c2ccccc2-n2c3ccccc3c3ccccc32)c2cc(Br)c3c(oc4ccccc43)c2-c2c1cc(Br)c1c2oc2ccccc21. The van der Waals surface area contributed by atoms with Crippen molar-refractivity contribution in [3.05, 3.63) is 317 Å².